The van der Waals surface area contributed by atoms with Crippen LogP contribution in [0.1, 0.15) is 21.7 Å². The molecule has 0 aliphatic carbocycles. The third-order valence-electron chi connectivity index (χ3n) is 5.59. The van der Waals surface area contributed by atoms with Crippen LogP contribution in [0.5, 0.6) is 0 Å². The molecule has 2 aromatic heterocycles. The first-order valence-electron chi connectivity index (χ1n) is 10.5. The van der Waals surface area contributed by atoms with Gasteiger partial charge in [-0.2, -0.15) is 0 Å². The van der Waals surface area contributed by atoms with E-state index in [1.54, 1.807) is 30.5 Å². The van der Waals surface area contributed by atoms with Crippen molar-refractivity contribution in [2.45, 2.75) is 35.7 Å². The number of hydrogen-bond acceptors (Lipinski definition) is 7. The third-order valence-corrected chi connectivity index (χ3v) is 8.98. The van der Waals surface area contributed by atoms with Crippen molar-refractivity contribution in [3.8, 4) is 11.4 Å². The lowest BCUT2D eigenvalue weighted by Crippen LogP contribution is -2.30. The molecule has 5 rings (SSSR count). The maximum Gasteiger partial charge on any atom is 0.233 e. The zero-order chi connectivity index (χ0) is 23.0. The number of rotatable bonds is 5. The summed E-state index contributed by atoms with van der Waals surface area (Å²) in [4.78, 5) is 17.0. The number of fused-ring (bicyclic) bond motifs is 1. The number of halogens is 1. The van der Waals surface area contributed by atoms with E-state index in [4.69, 9.17) is 16.6 Å². The molecule has 6 nitrogen and oxygen atoms in total. The summed E-state index contributed by atoms with van der Waals surface area (Å²) >= 11 is 7.21. The smallest absolute Gasteiger partial charge is 0.233 e. The molecule has 1 aliphatic rings. The molecule has 0 atom stereocenters. The summed E-state index contributed by atoms with van der Waals surface area (Å²) in [6.45, 7) is 4.12. The Hall–Kier alpha value is -2.65. The van der Waals surface area contributed by atoms with E-state index in [-0.39, 0.29) is 9.24 Å². The highest BCUT2D eigenvalue weighted by molar-refractivity contribution is 7.93. The van der Waals surface area contributed by atoms with Crippen molar-refractivity contribution >= 4 is 32.8 Å². The molecule has 0 N–H and O–H groups in total. The van der Waals surface area contributed by atoms with Crippen LogP contribution in [0.15, 0.2) is 70.2 Å². The molecule has 1 aliphatic heterocycles. The summed E-state index contributed by atoms with van der Waals surface area (Å²) in [5.74, 6) is 0.701. The molecular weight excluding hydrogens is 476 g/mol. The summed E-state index contributed by atoms with van der Waals surface area (Å²) in [7, 11) is -3.60. The van der Waals surface area contributed by atoms with Gasteiger partial charge in [-0.3, -0.25) is 4.90 Å². The van der Waals surface area contributed by atoms with Crippen LogP contribution in [0.4, 0.5) is 0 Å². The standard InChI is InChI=1S/C24H21ClN4O2S2/c1-16-2-8-21(9-3-16)33(30,31)24-27-13-20(32-24)15-29-11-10-22-18(14-29)12-26-23(28-22)17-4-6-19(25)7-5-17/h2-9,12-13H,10-11,14-15H2,1H3. The van der Waals surface area contributed by atoms with E-state index >= 15 is 0 Å². The van der Waals surface area contributed by atoms with Crippen molar-refractivity contribution in [1.82, 2.24) is 19.9 Å². The van der Waals surface area contributed by atoms with E-state index < -0.39 is 9.84 Å². The van der Waals surface area contributed by atoms with Crippen molar-refractivity contribution in [2.24, 2.45) is 0 Å². The van der Waals surface area contributed by atoms with Gasteiger partial charge in [0, 0.05) is 59.5 Å². The summed E-state index contributed by atoms with van der Waals surface area (Å²) in [6, 6.07) is 14.4. The van der Waals surface area contributed by atoms with Gasteiger partial charge in [0.05, 0.1) is 10.6 Å². The van der Waals surface area contributed by atoms with Gasteiger partial charge in [-0.15, -0.1) is 11.3 Å². The maximum atomic E-state index is 12.9. The number of hydrogen-bond donors (Lipinski definition) is 0. The maximum absolute atomic E-state index is 12.9. The lowest BCUT2D eigenvalue weighted by Gasteiger charge is -2.27. The predicted molar refractivity (Wildman–Crippen MR) is 129 cm³/mol. The average Bonchev–Trinajstić information content (AvgIpc) is 3.29. The first kappa shape index (κ1) is 22.2. The van der Waals surface area contributed by atoms with E-state index in [9.17, 15) is 8.42 Å². The van der Waals surface area contributed by atoms with Gasteiger partial charge in [-0.05, 0) is 43.3 Å². The molecule has 0 spiro atoms. The summed E-state index contributed by atoms with van der Waals surface area (Å²) < 4.78 is 25.9. The molecule has 0 fully saturated rings. The van der Waals surface area contributed by atoms with Gasteiger partial charge >= 0.3 is 0 Å². The number of benzene rings is 2. The highest BCUT2D eigenvalue weighted by Gasteiger charge is 2.24. The van der Waals surface area contributed by atoms with Crippen molar-refractivity contribution in [1.29, 1.82) is 0 Å². The minimum absolute atomic E-state index is 0.134. The van der Waals surface area contributed by atoms with Gasteiger partial charge in [0.25, 0.3) is 0 Å². The van der Waals surface area contributed by atoms with E-state index in [0.29, 0.717) is 23.9 Å². The van der Waals surface area contributed by atoms with Crippen molar-refractivity contribution < 1.29 is 8.42 Å². The van der Waals surface area contributed by atoms with Crippen LogP contribution in [0.2, 0.25) is 5.02 Å². The second-order valence-corrected chi connectivity index (χ2v) is 11.7. The fraction of sp³-hybridized carbons (Fsp3) is 0.208. The lowest BCUT2D eigenvalue weighted by atomic mass is 10.1. The van der Waals surface area contributed by atoms with Crippen LogP contribution in [0.25, 0.3) is 11.4 Å². The minimum atomic E-state index is -3.60. The molecule has 9 heteroatoms. The highest BCUT2D eigenvalue weighted by atomic mass is 35.5. The monoisotopic (exact) mass is 496 g/mol. The summed E-state index contributed by atoms with van der Waals surface area (Å²) in [5.41, 5.74) is 4.11. The SMILES string of the molecule is Cc1ccc(S(=O)(=O)c2ncc(CN3CCc4nc(-c5ccc(Cl)cc5)ncc4C3)s2)cc1. The second kappa shape index (κ2) is 8.95. The molecule has 0 unspecified atom stereocenters. The Morgan fingerprint density at radius 1 is 1.03 bits per heavy atom. The van der Waals surface area contributed by atoms with E-state index in [0.717, 1.165) is 40.2 Å². The first-order chi connectivity index (χ1) is 15.9. The highest BCUT2D eigenvalue weighted by Crippen LogP contribution is 2.28. The van der Waals surface area contributed by atoms with Crippen molar-refractivity contribution in [3.63, 3.8) is 0 Å². The predicted octanol–water partition coefficient (Wildman–Crippen LogP) is 4.95. The molecule has 0 amide bonds. The Morgan fingerprint density at radius 3 is 2.55 bits per heavy atom. The molecule has 168 valence electrons. The number of nitrogens with zero attached hydrogens (tertiary/aromatic N) is 4. The van der Waals surface area contributed by atoms with Gasteiger partial charge < -0.3 is 0 Å². The zero-order valence-electron chi connectivity index (χ0n) is 17.9. The van der Waals surface area contributed by atoms with E-state index in [1.165, 1.54) is 11.3 Å². The largest absolute Gasteiger partial charge is 0.293 e. The molecule has 0 bridgehead atoms. The van der Waals surface area contributed by atoms with Gasteiger partial charge in [0.2, 0.25) is 14.2 Å². The number of aryl methyl sites for hydroxylation is 1. The average molecular weight is 497 g/mol. The van der Waals surface area contributed by atoms with Crippen molar-refractivity contribution in [2.75, 3.05) is 6.54 Å². The molecule has 33 heavy (non-hydrogen) atoms. The van der Waals surface area contributed by atoms with Crippen LogP contribution in [-0.4, -0.2) is 34.8 Å². The topological polar surface area (TPSA) is 76.1 Å². The van der Waals surface area contributed by atoms with E-state index in [1.807, 2.05) is 37.4 Å². The first-order valence-corrected chi connectivity index (χ1v) is 13.2. The molecule has 0 saturated heterocycles. The molecule has 0 saturated carbocycles. The van der Waals surface area contributed by atoms with Crippen LogP contribution >= 0.6 is 22.9 Å². The normalized spacial score (nSPS) is 14.2. The fourth-order valence-corrected chi connectivity index (χ4v) is 6.52. The fourth-order valence-electron chi connectivity index (χ4n) is 3.77. The Balaban J connectivity index is 1.29. The van der Waals surface area contributed by atoms with Crippen LogP contribution in [-0.2, 0) is 29.3 Å². The van der Waals surface area contributed by atoms with Gasteiger partial charge in [0.15, 0.2) is 5.82 Å². The second-order valence-electron chi connectivity index (χ2n) is 8.04. The molecule has 2 aromatic carbocycles. The number of aromatic nitrogens is 3. The quantitative estimate of drug-likeness (QED) is 0.389. The van der Waals surface area contributed by atoms with Crippen LogP contribution < -0.4 is 0 Å². The Labute approximate surface area is 201 Å². The van der Waals surface area contributed by atoms with Gasteiger partial charge in [0.1, 0.15) is 0 Å². The molecule has 0 radical (unpaired) electrons. The van der Waals surface area contributed by atoms with Gasteiger partial charge in [-0.1, -0.05) is 29.3 Å². The summed E-state index contributed by atoms with van der Waals surface area (Å²) in [5, 5.41) is 0.685. The Bertz CT molecular complexity index is 1400. The van der Waals surface area contributed by atoms with Crippen LogP contribution in [0, 0.1) is 6.92 Å². The van der Waals surface area contributed by atoms with E-state index in [2.05, 4.69) is 14.9 Å². The Morgan fingerprint density at radius 2 is 1.79 bits per heavy atom. The molecule has 4 aromatic rings. The minimum Gasteiger partial charge on any atom is -0.293 e. The lowest BCUT2D eigenvalue weighted by molar-refractivity contribution is 0.245. The summed E-state index contributed by atoms with van der Waals surface area (Å²) in [6.07, 6.45) is 4.37. The third kappa shape index (κ3) is 4.70. The van der Waals surface area contributed by atoms with Crippen LogP contribution in [0.3, 0.4) is 0 Å². The Kier molecular flexibility index (Phi) is 6.01. The molecule has 3 heterocycles. The number of sulfone groups is 1. The molecular formula is C24H21ClN4O2S2. The van der Waals surface area contributed by atoms with Crippen molar-refractivity contribution in [3.05, 3.63) is 87.6 Å². The van der Waals surface area contributed by atoms with Gasteiger partial charge in [-0.25, -0.2) is 23.4 Å². The zero-order valence-corrected chi connectivity index (χ0v) is 20.3. The number of thiazole rings is 1.